The fraction of sp³-hybridized carbons (Fsp3) is 0.600. The third-order valence-corrected chi connectivity index (χ3v) is 4.85. The number of hydrogen-bond acceptors (Lipinski definition) is 3. The summed E-state index contributed by atoms with van der Waals surface area (Å²) in [7, 11) is 0. The van der Waals surface area contributed by atoms with Crippen molar-refractivity contribution in [2.24, 2.45) is 0 Å². The Morgan fingerprint density at radius 1 is 1.24 bits per heavy atom. The summed E-state index contributed by atoms with van der Waals surface area (Å²) in [6.07, 6.45) is -12.5. The molecule has 0 radical (unpaired) electrons. The standard InChI is InChI=1S/C15H19F6NO2S/c1-2-3-8-25(24)22-14(13(17)18,9-12(23)15(19,20)21)10-6-4-5-7-11(10)16/h4-7,12-13,22-23H,2-3,8-9H2,1H3/t12-,14-,25?/m0/s1. The Morgan fingerprint density at radius 2 is 1.84 bits per heavy atom. The van der Waals surface area contributed by atoms with Crippen molar-refractivity contribution >= 4 is 11.4 Å². The predicted molar refractivity (Wildman–Crippen MR) is 81.8 cm³/mol. The molecule has 0 heterocycles. The molecule has 0 aromatic heterocycles. The molecule has 0 aliphatic heterocycles. The quantitative estimate of drug-likeness (QED) is 0.499. The van der Waals surface area contributed by atoms with Gasteiger partial charge in [-0.2, -0.15) is 13.2 Å². The van der Waals surface area contributed by atoms with Gasteiger partial charge in [-0.3, -0.25) is 0 Å². The van der Waals surface area contributed by atoms with Crippen LogP contribution in [0.25, 0.3) is 0 Å². The van der Waals surface area contributed by atoms with E-state index in [1.165, 1.54) is 12.1 Å². The second kappa shape index (κ2) is 9.11. The highest BCUT2D eigenvalue weighted by Gasteiger charge is 2.53. The fourth-order valence-corrected chi connectivity index (χ4v) is 3.57. The monoisotopic (exact) mass is 391 g/mol. The molecule has 0 saturated heterocycles. The van der Waals surface area contributed by atoms with Crippen molar-refractivity contribution in [2.45, 2.75) is 50.4 Å². The van der Waals surface area contributed by atoms with Crippen LogP contribution in [-0.2, 0) is 16.9 Å². The molecular weight excluding hydrogens is 372 g/mol. The lowest BCUT2D eigenvalue weighted by molar-refractivity contribution is -0.213. The molecule has 0 amide bonds. The number of aliphatic hydroxyl groups excluding tert-OH is 1. The Bertz CT molecular complexity index is 545. The Balaban J connectivity index is 3.33. The van der Waals surface area contributed by atoms with Gasteiger partial charge in [0.25, 0.3) is 6.43 Å². The smallest absolute Gasteiger partial charge is 0.414 e. The molecule has 1 aromatic carbocycles. The summed E-state index contributed by atoms with van der Waals surface area (Å²) in [5, 5.41) is 9.29. The first-order valence-corrected chi connectivity index (χ1v) is 8.80. The molecule has 0 fully saturated rings. The topological polar surface area (TPSA) is 55.3 Å². The number of hydrogen-bond donors (Lipinski definition) is 2. The maximum absolute atomic E-state index is 14.1. The van der Waals surface area contributed by atoms with E-state index in [1.807, 2.05) is 4.72 Å². The van der Waals surface area contributed by atoms with Gasteiger partial charge in [-0.25, -0.2) is 13.2 Å². The van der Waals surface area contributed by atoms with Gasteiger partial charge in [-0.05, 0) is 12.5 Å². The second-order valence-corrected chi connectivity index (χ2v) is 6.82. The minimum atomic E-state index is -5.18. The van der Waals surface area contributed by atoms with E-state index in [0.29, 0.717) is 12.8 Å². The molecule has 2 N–H and O–H groups in total. The van der Waals surface area contributed by atoms with Gasteiger partial charge in [-0.1, -0.05) is 31.5 Å². The van der Waals surface area contributed by atoms with Crippen LogP contribution in [0.1, 0.15) is 31.7 Å². The van der Waals surface area contributed by atoms with Gasteiger partial charge < -0.3 is 9.66 Å². The van der Waals surface area contributed by atoms with Crippen molar-refractivity contribution in [3.8, 4) is 0 Å². The SMILES string of the molecule is CCCC[S+]([O-])N[C@@](C[C@H](O)C(F)(F)F)(c1ccccc1F)C(F)F. The lowest BCUT2D eigenvalue weighted by atomic mass is 9.85. The van der Waals surface area contributed by atoms with Crippen molar-refractivity contribution in [2.75, 3.05) is 5.75 Å². The molecule has 1 rings (SSSR count). The first kappa shape index (κ1) is 22.1. The molecule has 0 bridgehead atoms. The average molecular weight is 391 g/mol. The normalized spacial score (nSPS) is 17.4. The minimum Gasteiger partial charge on any atom is -0.598 e. The van der Waals surface area contributed by atoms with Crippen LogP contribution < -0.4 is 4.72 Å². The molecule has 10 heteroatoms. The van der Waals surface area contributed by atoms with E-state index in [2.05, 4.69) is 0 Å². The predicted octanol–water partition coefficient (Wildman–Crippen LogP) is 3.65. The summed E-state index contributed by atoms with van der Waals surface area (Å²) in [4.78, 5) is 0. The van der Waals surface area contributed by atoms with Crippen molar-refractivity contribution in [3.05, 3.63) is 35.6 Å². The first-order chi connectivity index (χ1) is 11.5. The Morgan fingerprint density at radius 3 is 2.32 bits per heavy atom. The first-order valence-electron chi connectivity index (χ1n) is 7.48. The number of benzene rings is 1. The zero-order valence-electron chi connectivity index (χ0n) is 13.3. The minimum absolute atomic E-state index is 0.0957. The third kappa shape index (κ3) is 5.77. The van der Waals surface area contributed by atoms with Gasteiger partial charge >= 0.3 is 6.18 Å². The molecule has 0 saturated carbocycles. The van der Waals surface area contributed by atoms with Crippen LogP contribution in [0.3, 0.4) is 0 Å². The van der Waals surface area contributed by atoms with Crippen molar-refractivity contribution in [1.82, 2.24) is 4.72 Å². The number of aliphatic hydroxyl groups is 1. The van der Waals surface area contributed by atoms with Gasteiger partial charge in [0.05, 0.1) is 0 Å². The summed E-state index contributed by atoms with van der Waals surface area (Å²) in [5.74, 6) is -1.28. The van der Waals surface area contributed by atoms with Crippen LogP contribution in [-0.4, -0.2) is 34.1 Å². The number of unbranched alkanes of at least 4 members (excludes halogenated alkanes) is 1. The average Bonchev–Trinajstić information content (AvgIpc) is 2.51. The highest BCUT2D eigenvalue weighted by Crippen LogP contribution is 2.39. The van der Waals surface area contributed by atoms with Crippen molar-refractivity contribution in [3.63, 3.8) is 0 Å². The highest BCUT2D eigenvalue weighted by atomic mass is 32.2. The molecule has 0 aliphatic carbocycles. The van der Waals surface area contributed by atoms with Gasteiger partial charge in [0.15, 0.2) is 11.6 Å². The summed E-state index contributed by atoms with van der Waals surface area (Å²) in [6, 6.07) is 4.05. The van der Waals surface area contributed by atoms with Crippen LogP contribution in [0, 0.1) is 5.82 Å². The van der Waals surface area contributed by atoms with Crippen LogP contribution in [0.5, 0.6) is 0 Å². The number of alkyl halides is 5. The van der Waals surface area contributed by atoms with Crippen molar-refractivity contribution < 1.29 is 36.0 Å². The van der Waals surface area contributed by atoms with E-state index in [0.717, 1.165) is 12.1 Å². The molecule has 3 nitrogen and oxygen atoms in total. The Labute approximate surface area is 144 Å². The maximum atomic E-state index is 14.1. The fourth-order valence-electron chi connectivity index (χ4n) is 2.23. The number of nitrogens with one attached hydrogen (secondary N) is 1. The van der Waals surface area contributed by atoms with Gasteiger partial charge in [-0.15, -0.1) is 4.72 Å². The Hall–Kier alpha value is -0.970. The molecule has 144 valence electrons. The third-order valence-electron chi connectivity index (χ3n) is 3.60. The zero-order valence-corrected chi connectivity index (χ0v) is 14.1. The highest BCUT2D eigenvalue weighted by molar-refractivity contribution is 7.89. The lowest BCUT2D eigenvalue weighted by Gasteiger charge is -2.36. The molecule has 1 aromatic rings. The van der Waals surface area contributed by atoms with E-state index < -0.39 is 53.4 Å². The Kier molecular flexibility index (Phi) is 8.04. The number of halogens is 6. The van der Waals surface area contributed by atoms with Crippen LogP contribution in [0.15, 0.2) is 24.3 Å². The molecule has 1 unspecified atom stereocenters. The molecule has 0 spiro atoms. The summed E-state index contributed by atoms with van der Waals surface area (Å²) >= 11 is -2.14. The summed E-state index contributed by atoms with van der Waals surface area (Å²) in [5.41, 5.74) is -3.73. The van der Waals surface area contributed by atoms with E-state index in [9.17, 15) is 36.0 Å². The lowest BCUT2D eigenvalue weighted by Crippen LogP contribution is -2.55. The number of rotatable bonds is 9. The summed E-state index contributed by atoms with van der Waals surface area (Å²) < 4.78 is 93.8. The van der Waals surface area contributed by atoms with E-state index >= 15 is 0 Å². The van der Waals surface area contributed by atoms with E-state index in [4.69, 9.17) is 0 Å². The van der Waals surface area contributed by atoms with Crippen LogP contribution in [0.2, 0.25) is 0 Å². The van der Waals surface area contributed by atoms with E-state index in [-0.39, 0.29) is 5.75 Å². The van der Waals surface area contributed by atoms with Gasteiger partial charge in [0, 0.05) is 23.3 Å². The second-order valence-electron chi connectivity index (χ2n) is 5.52. The van der Waals surface area contributed by atoms with E-state index in [1.54, 1.807) is 6.92 Å². The van der Waals surface area contributed by atoms with Crippen molar-refractivity contribution in [1.29, 1.82) is 0 Å². The molecular formula is C15H19F6NO2S. The largest absolute Gasteiger partial charge is 0.598 e. The van der Waals surface area contributed by atoms with Crippen LogP contribution >= 0.6 is 0 Å². The molecule has 25 heavy (non-hydrogen) atoms. The molecule has 0 aliphatic rings. The maximum Gasteiger partial charge on any atom is 0.414 e. The van der Waals surface area contributed by atoms with Crippen LogP contribution in [0.4, 0.5) is 26.3 Å². The zero-order chi connectivity index (χ0) is 19.3. The molecule has 3 atom stereocenters. The summed E-state index contributed by atoms with van der Waals surface area (Å²) in [6.45, 7) is 1.75. The van der Waals surface area contributed by atoms with Gasteiger partial charge in [0.1, 0.15) is 11.6 Å². The van der Waals surface area contributed by atoms with Gasteiger partial charge in [0.2, 0.25) is 0 Å².